The van der Waals surface area contributed by atoms with Crippen LogP contribution in [0.15, 0.2) is 66.2 Å². The Kier molecular flexibility index (Phi) is 6.86. The Morgan fingerprint density at radius 3 is 2.31 bits per heavy atom. The van der Waals surface area contributed by atoms with Gasteiger partial charge in [-0.3, -0.25) is 14.5 Å². The second-order valence-electron chi connectivity index (χ2n) is 9.45. The van der Waals surface area contributed by atoms with Gasteiger partial charge in [0.2, 0.25) is 0 Å². The van der Waals surface area contributed by atoms with E-state index < -0.39 is 29.3 Å². The van der Waals surface area contributed by atoms with Crippen LogP contribution < -0.4 is 9.64 Å². The van der Waals surface area contributed by atoms with E-state index in [1.165, 1.54) is 43.5 Å². The number of methoxy groups -OCH3 is 1. The van der Waals surface area contributed by atoms with Gasteiger partial charge in [-0.2, -0.15) is 0 Å². The van der Waals surface area contributed by atoms with Gasteiger partial charge in [-0.1, -0.05) is 68.2 Å². The first-order valence-electron chi connectivity index (χ1n) is 11.1. The number of hydrogen-bond donors (Lipinski definition) is 1. The summed E-state index contributed by atoms with van der Waals surface area (Å²) in [5, 5.41) is 11.9. The summed E-state index contributed by atoms with van der Waals surface area (Å²) in [4.78, 5) is 27.8. The zero-order valence-electron chi connectivity index (χ0n) is 20.1. The minimum absolute atomic E-state index is 0.0373. The number of carbonyl (C=O) groups excluding carboxylic acids is 2. The molecule has 1 fully saturated rings. The third-order valence-electron chi connectivity index (χ3n) is 6.15. The van der Waals surface area contributed by atoms with E-state index in [9.17, 15) is 14.7 Å². The van der Waals surface area contributed by atoms with Gasteiger partial charge < -0.3 is 9.84 Å². The number of carbonyl (C=O) groups is 2. The van der Waals surface area contributed by atoms with Crippen LogP contribution in [0.1, 0.15) is 43.5 Å². The summed E-state index contributed by atoms with van der Waals surface area (Å²) >= 11 is 12.2. The van der Waals surface area contributed by atoms with E-state index in [4.69, 9.17) is 27.9 Å². The van der Waals surface area contributed by atoms with Crippen molar-refractivity contribution in [2.45, 2.75) is 32.2 Å². The fraction of sp³-hybridized carbons (Fsp3) is 0.214. The number of halogens is 3. The molecule has 3 aromatic carbocycles. The molecule has 8 heteroatoms. The molecule has 36 heavy (non-hydrogen) atoms. The lowest BCUT2D eigenvalue weighted by molar-refractivity contribution is -0.132. The maximum Gasteiger partial charge on any atom is 0.300 e. The van der Waals surface area contributed by atoms with Gasteiger partial charge in [0.15, 0.2) is 0 Å². The van der Waals surface area contributed by atoms with Crippen LogP contribution in [-0.4, -0.2) is 23.9 Å². The third-order valence-corrected chi connectivity index (χ3v) is 6.89. The Bertz CT molecular complexity index is 1410. The molecule has 3 aromatic rings. The van der Waals surface area contributed by atoms with E-state index in [1.54, 1.807) is 18.2 Å². The second-order valence-corrected chi connectivity index (χ2v) is 10.3. The van der Waals surface area contributed by atoms with Crippen LogP contribution in [0.5, 0.6) is 5.75 Å². The van der Waals surface area contributed by atoms with Crippen molar-refractivity contribution in [3.8, 4) is 5.75 Å². The molecule has 0 aliphatic carbocycles. The summed E-state index contributed by atoms with van der Waals surface area (Å²) in [5.74, 6) is -2.71. The number of ketones is 1. The number of ether oxygens (including phenoxy) is 1. The van der Waals surface area contributed by atoms with Crippen LogP contribution in [0.4, 0.5) is 10.1 Å². The highest BCUT2D eigenvalue weighted by Gasteiger charge is 2.48. The molecular weight excluding hydrogens is 504 g/mol. The minimum atomic E-state index is -1.26. The largest absolute Gasteiger partial charge is 0.507 e. The van der Waals surface area contributed by atoms with Gasteiger partial charge in [0.05, 0.1) is 34.3 Å². The van der Waals surface area contributed by atoms with Gasteiger partial charge >= 0.3 is 0 Å². The highest BCUT2D eigenvalue weighted by molar-refractivity contribution is 6.52. The van der Waals surface area contributed by atoms with Crippen molar-refractivity contribution < 1.29 is 23.8 Å². The molecular formula is C28H24Cl2FNO4. The second kappa shape index (κ2) is 9.60. The lowest BCUT2D eigenvalue weighted by Crippen LogP contribution is -2.29. The molecule has 4 rings (SSSR count). The van der Waals surface area contributed by atoms with Crippen LogP contribution >= 0.6 is 23.2 Å². The molecule has 0 bridgehead atoms. The zero-order chi connectivity index (χ0) is 26.4. The topological polar surface area (TPSA) is 66.8 Å². The van der Waals surface area contributed by atoms with Crippen molar-refractivity contribution in [3.05, 3.63) is 98.8 Å². The molecule has 0 saturated carbocycles. The Hall–Kier alpha value is -3.35. The third kappa shape index (κ3) is 4.47. The fourth-order valence-corrected chi connectivity index (χ4v) is 4.52. The predicted octanol–water partition coefficient (Wildman–Crippen LogP) is 7.06. The molecule has 1 heterocycles. The quantitative estimate of drug-likeness (QED) is 0.224. The van der Waals surface area contributed by atoms with Crippen molar-refractivity contribution in [2.24, 2.45) is 0 Å². The number of amides is 1. The van der Waals surface area contributed by atoms with Crippen molar-refractivity contribution in [2.75, 3.05) is 12.0 Å². The van der Waals surface area contributed by atoms with E-state index in [0.29, 0.717) is 5.75 Å². The van der Waals surface area contributed by atoms with Gasteiger partial charge in [0, 0.05) is 11.3 Å². The SMILES string of the molecule is COc1ccc(C(C)(C)C)cc1/C(O)=C1\C(=O)C(=O)N(c2ccc(Cl)c(Cl)c2)C1c1ccccc1F. The van der Waals surface area contributed by atoms with E-state index in [2.05, 4.69) is 0 Å². The first-order valence-corrected chi connectivity index (χ1v) is 11.9. The van der Waals surface area contributed by atoms with Crippen molar-refractivity contribution in [1.29, 1.82) is 0 Å². The summed E-state index contributed by atoms with van der Waals surface area (Å²) in [7, 11) is 1.44. The van der Waals surface area contributed by atoms with Gasteiger partial charge in [-0.15, -0.1) is 0 Å². The number of rotatable bonds is 4. The summed E-state index contributed by atoms with van der Waals surface area (Å²) in [6.07, 6.45) is 0. The van der Waals surface area contributed by atoms with Crippen LogP contribution in [-0.2, 0) is 15.0 Å². The normalized spacial score (nSPS) is 17.5. The van der Waals surface area contributed by atoms with E-state index >= 15 is 4.39 Å². The highest BCUT2D eigenvalue weighted by atomic mass is 35.5. The Balaban J connectivity index is 2.03. The molecule has 186 valence electrons. The van der Waals surface area contributed by atoms with Gasteiger partial charge in [-0.25, -0.2) is 4.39 Å². The number of aliphatic hydroxyl groups is 1. The highest BCUT2D eigenvalue weighted by Crippen LogP contribution is 2.45. The number of hydrogen-bond acceptors (Lipinski definition) is 4. The molecule has 1 atom stereocenters. The maximum atomic E-state index is 15.1. The number of benzene rings is 3. The Morgan fingerprint density at radius 1 is 1.00 bits per heavy atom. The lowest BCUT2D eigenvalue weighted by atomic mass is 9.85. The first kappa shape index (κ1) is 25.7. The van der Waals surface area contributed by atoms with Crippen molar-refractivity contribution in [1.82, 2.24) is 0 Å². The number of anilines is 1. The average Bonchev–Trinajstić information content (AvgIpc) is 3.10. The summed E-state index contributed by atoms with van der Waals surface area (Å²) in [5.41, 5.74) is 0.813. The van der Waals surface area contributed by atoms with Gasteiger partial charge in [-0.05, 0) is 47.4 Å². The van der Waals surface area contributed by atoms with E-state index in [0.717, 1.165) is 10.5 Å². The summed E-state index contributed by atoms with van der Waals surface area (Å²) in [6.45, 7) is 6.00. The van der Waals surface area contributed by atoms with E-state index in [1.807, 2.05) is 26.8 Å². The molecule has 1 unspecified atom stereocenters. The summed E-state index contributed by atoms with van der Waals surface area (Å²) in [6, 6.07) is 14.2. The smallest absolute Gasteiger partial charge is 0.300 e. The standard InChI is InChI=1S/C28H24Cl2FNO4/c1-28(2,3)15-9-12-22(36-4)18(13-15)25(33)23-24(17-7-5-6-8-21(17)31)32(27(35)26(23)34)16-10-11-19(29)20(30)14-16/h5-14,24,33H,1-4H3/b25-23+. The van der Waals surface area contributed by atoms with Crippen LogP contribution in [0.25, 0.3) is 5.76 Å². The molecule has 1 N–H and O–H groups in total. The number of nitrogens with zero attached hydrogens (tertiary/aromatic N) is 1. The zero-order valence-corrected chi connectivity index (χ0v) is 21.6. The first-order chi connectivity index (χ1) is 17.0. The Labute approximate surface area is 218 Å². The van der Waals surface area contributed by atoms with E-state index in [-0.39, 0.29) is 37.8 Å². The monoisotopic (exact) mass is 527 g/mol. The van der Waals surface area contributed by atoms with Gasteiger partial charge in [0.1, 0.15) is 17.3 Å². The summed E-state index contributed by atoms with van der Waals surface area (Å²) < 4.78 is 20.6. The molecule has 0 spiro atoms. The molecule has 5 nitrogen and oxygen atoms in total. The Morgan fingerprint density at radius 2 is 1.69 bits per heavy atom. The van der Waals surface area contributed by atoms with Crippen molar-refractivity contribution >= 4 is 46.3 Å². The average molecular weight is 528 g/mol. The molecule has 1 amide bonds. The molecule has 1 aliphatic rings. The molecule has 0 aromatic heterocycles. The van der Waals surface area contributed by atoms with Crippen LogP contribution in [0, 0.1) is 5.82 Å². The maximum absolute atomic E-state index is 15.1. The van der Waals surface area contributed by atoms with Crippen LogP contribution in [0.2, 0.25) is 10.0 Å². The minimum Gasteiger partial charge on any atom is -0.507 e. The lowest BCUT2D eigenvalue weighted by Gasteiger charge is -2.26. The van der Waals surface area contributed by atoms with Crippen LogP contribution in [0.3, 0.4) is 0 Å². The molecule has 1 saturated heterocycles. The molecule has 0 radical (unpaired) electrons. The van der Waals surface area contributed by atoms with Crippen molar-refractivity contribution in [3.63, 3.8) is 0 Å². The molecule has 1 aliphatic heterocycles. The predicted molar refractivity (Wildman–Crippen MR) is 139 cm³/mol. The number of Topliss-reactive ketones (excluding diaryl/α,β-unsaturated/α-hetero) is 1. The number of aliphatic hydroxyl groups excluding tert-OH is 1. The van der Waals surface area contributed by atoms with Gasteiger partial charge in [0.25, 0.3) is 11.7 Å². The fourth-order valence-electron chi connectivity index (χ4n) is 4.23.